The van der Waals surface area contributed by atoms with Crippen molar-refractivity contribution in [3.05, 3.63) is 36.5 Å². The number of ether oxygens (including phenoxy) is 2. The van der Waals surface area contributed by atoms with Gasteiger partial charge in [-0.05, 0) is 37.3 Å². The number of amides is 1. The van der Waals surface area contributed by atoms with Crippen molar-refractivity contribution < 1.29 is 14.3 Å². The summed E-state index contributed by atoms with van der Waals surface area (Å²) in [6.07, 6.45) is 4.18. The number of nitrogens with zero attached hydrogens (tertiary/aromatic N) is 1. The van der Waals surface area contributed by atoms with E-state index in [2.05, 4.69) is 10.3 Å². The number of fused-ring (bicyclic) bond motifs is 1. The maximum Gasteiger partial charge on any atom is 0.237 e. The Morgan fingerprint density at radius 2 is 2.00 bits per heavy atom. The maximum atomic E-state index is 12.1. The first-order valence-corrected chi connectivity index (χ1v) is 8.83. The molecule has 0 bridgehead atoms. The number of hydrogen-bond acceptors (Lipinski definition) is 5. The van der Waals surface area contributed by atoms with E-state index < -0.39 is 6.04 Å². The number of para-hydroxylation sites is 1. The largest absolute Gasteiger partial charge is 0.491 e. The van der Waals surface area contributed by atoms with Gasteiger partial charge >= 0.3 is 0 Å². The van der Waals surface area contributed by atoms with Gasteiger partial charge in [0, 0.05) is 31.3 Å². The first kappa shape index (κ1) is 23.4. The Labute approximate surface area is 172 Å². The Bertz CT molecular complexity index is 706. The molecule has 0 radical (unpaired) electrons. The van der Waals surface area contributed by atoms with E-state index >= 15 is 0 Å². The highest BCUT2D eigenvalue weighted by atomic mass is 35.5. The highest BCUT2D eigenvalue weighted by Crippen LogP contribution is 2.23. The zero-order valence-corrected chi connectivity index (χ0v) is 16.8. The SMILES string of the molecule is Cl.Cl.NC(C(=O)NCCCOc1cccc2cccnc12)C1CCOCC1. The molecular weight excluding hydrogens is 389 g/mol. The molecule has 0 aliphatic carbocycles. The number of pyridine rings is 1. The van der Waals surface area contributed by atoms with Crippen LogP contribution in [0, 0.1) is 5.92 Å². The van der Waals surface area contributed by atoms with E-state index in [9.17, 15) is 4.79 Å². The van der Waals surface area contributed by atoms with Gasteiger partial charge in [-0.1, -0.05) is 18.2 Å². The summed E-state index contributed by atoms with van der Waals surface area (Å²) in [4.78, 5) is 16.5. The summed E-state index contributed by atoms with van der Waals surface area (Å²) in [5, 5.41) is 3.95. The molecule has 1 aliphatic heterocycles. The first-order chi connectivity index (χ1) is 12.3. The Kier molecular flexibility index (Phi) is 10.4. The molecule has 2 heterocycles. The van der Waals surface area contributed by atoms with E-state index in [1.807, 2.05) is 30.3 Å². The van der Waals surface area contributed by atoms with Crippen LogP contribution in [-0.4, -0.2) is 43.3 Å². The van der Waals surface area contributed by atoms with Crippen LogP contribution in [0.15, 0.2) is 36.5 Å². The fourth-order valence-corrected chi connectivity index (χ4v) is 3.07. The molecule has 1 amide bonds. The maximum absolute atomic E-state index is 12.1. The molecule has 2 aromatic rings. The molecule has 1 unspecified atom stereocenters. The lowest BCUT2D eigenvalue weighted by Crippen LogP contribution is -2.47. The summed E-state index contributed by atoms with van der Waals surface area (Å²) in [6, 6.07) is 9.33. The minimum atomic E-state index is -0.452. The van der Waals surface area contributed by atoms with E-state index in [0.29, 0.717) is 26.4 Å². The number of nitrogens with one attached hydrogen (secondary N) is 1. The summed E-state index contributed by atoms with van der Waals surface area (Å²) in [5.41, 5.74) is 6.91. The second kappa shape index (κ2) is 12.0. The van der Waals surface area contributed by atoms with Gasteiger partial charge in [-0.3, -0.25) is 9.78 Å². The van der Waals surface area contributed by atoms with E-state index in [1.165, 1.54) is 0 Å². The van der Waals surface area contributed by atoms with Gasteiger partial charge in [0.15, 0.2) is 0 Å². The molecule has 1 fully saturated rings. The summed E-state index contributed by atoms with van der Waals surface area (Å²) < 4.78 is 11.1. The molecule has 1 saturated heterocycles. The highest BCUT2D eigenvalue weighted by Gasteiger charge is 2.26. The fourth-order valence-electron chi connectivity index (χ4n) is 3.07. The fraction of sp³-hybridized carbons (Fsp3) is 0.474. The molecule has 3 rings (SSSR count). The van der Waals surface area contributed by atoms with Crippen LogP contribution in [0.25, 0.3) is 10.9 Å². The van der Waals surface area contributed by atoms with Crippen LogP contribution in [0.5, 0.6) is 5.75 Å². The van der Waals surface area contributed by atoms with Crippen molar-refractivity contribution in [2.45, 2.75) is 25.3 Å². The van der Waals surface area contributed by atoms with Gasteiger partial charge in [0.1, 0.15) is 11.3 Å². The average molecular weight is 416 g/mol. The van der Waals surface area contributed by atoms with E-state index in [-0.39, 0.29) is 36.6 Å². The summed E-state index contributed by atoms with van der Waals surface area (Å²) in [5.74, 6) is 0.897. The molecule has 1 aliphatic rings. The number of carbonyl (C=O) groups excluding carboxylic acids is 1. The number of hydrogen-bond donors (Lipinski definition) is 2. The third-order valence-electron chi connectivity index (χ3n) is 4.55. The number of halogens is 2. The van der Waals surface area contributed by atoms with Gasteiger partial charge in [-0.25, -0.2) is 0 Å². The van der Waals surface area contributed by atoms with Gasteiger partial charge in [-0.15, -0.1) is 24.8 Å². The van der Waals surface area contributed by atoms with Crippen molar-refractivity contribution in [3.8, 4) is 5.75 Å². The normalized spacial score (nSPS) is 15.3. The Balaban J connectivity index is 0.00000182. The van der Waals surface area contributed by atoms with Crippen molar-refractivity contribution in [1.29, 1.82) is 0 Å². The van der Waals surface area contributed by atoms with Crippen molar-refractivity contribution in [1.82, 2.24) is 10.3 Å². The van der Waals surface area contributed by atoms with Gasteiger partial charge in [0.05, 0.1) is 12.6 Å². The van der Waals surface area contributed by atoms with Gasteiger partial charge in [0.25, 0.3) is 0 Å². The van der Waals surface area contributed by atoms with E-state index in [0.717, 1.165) is 35.9 Å². The van der Waals surface area contributed by atoms with Gasteiger partial charge in [0.2, 0.25) is 5.91 Å². The van der Waals surface area contributed by atoms with Crippen molar-refractivity contribution in [3.63, 3.8) is 0 Å². The van der Waals surface area contributed by atoms with Crippen LogP contribution in [0.1, 0.15) is 19.3 Å². The van der Waals surface area contributed by atoms with Crippen LogP contribution in [-0.2, 0) is 9.53 Å². The molecule has 150 valence electrons. The second-order valence-corrected chi connectivity index (χ2v) is 6.30. The Morgan fingerprint density at radius 3 is 2.78 bits per heavy atom. The molecule has 27 heavy (non-hydrogen) atoms. The zero-order chi connectivity index (χ0) is 17.5. The highest BCUT2D eigenvalue weighted by molar-refractivity contribution is 5.86. The minimum Gasteiger partial charge on any atom is -0.491 e. The van der Waals surface area contributed by atoms with Crippen LogP contribution >= 0.6 is 24.8 Å². The zero-order valence-electron chi connectivity index (χ0n) is 15.1. The summed E-state index contributed by atoms with van der Waals surface area (Å²) >= 11 is 0. The van der Waals surface area contributed by atoms with E-state index in [4.69, 9.17) is 15.2 Å². The number of rotatable bonds is 7. The van der Waals surface area contributed by atoms with Gasteiger partial charge in [-0.2, -0.15) is 0 Å². The number of carbonyl (C=O) groups is 1. The van der Waals surface area contributed by atoms with Crippen LogP contribution < -0.4 is 15.8 Å². The lowest BCUT2D eigenvalue weighted by atomic mass is 9.92. The Hall–Kier alpha value is -1.60. The third kappa shape index (κ3) is 6.50. The number of aromatic nitrogens is 1. The van der Waals surface area contributed by atoms with Gasteiger partial charge < -0.3 is 20.5 Å². The van der Waals surface area contributed by atoms with Crippen molar-refractivity contribution in [2.24, 2.45) is 11.7 Å². The quantitative estimate of drug-likeness (QED) is 0.678. The molecule has 6 nitrogen and oxygen atoms in total. The molecule has 8 heteroatoms. The molecule has 0 saturated carbocycles. The number of benzene rings is 1. The smallest absolute Gasteiger partial charge is 0.237 e. The lowest BCUT2D eigenvalue weighted by Gasteiger charge is -2.26. The van der Waals surface area contributed by atoms with Crippen LogP contribution in [0.2, 0.25) is 0 Å². The third-order valence-corrected chi connectivity index (χ3v) is 4.55. The number of nitrogens with two attached hydrogens (primary N) is 1. The standard InChI is InChI=1S/C19H25N3O3.2ClH/c20-17(14-7-12-24-13-8-14)19(23)22-10-3-11-25-16-6-1-4-15-5-2-9-21-18(15)16;;/h1-2,4-6,9,14,17H,3,7-8,10-13,20H2,(H,22,23);2*1H. The topological polar surface area (TPSA) is 86.5 Å². The molecule has 3 N–H and O–H groups in total. The molecule has 1 aromatic carbocycles. The predicted molar refractivity (Wildman–Crippen MR) is 111 cm³/mol. The molecule has 0 spiro atoms. The molecule has 1 aromatic heterocycles. The average Bonchev–Trinajstić information content (AvgIpc) is 2.67. The second-order valence-electron chi connectivity index (χ2n) is 6.30. The summed E-state index contributed by atoms with van der Waals surface area (Å²) in [6.45, 7) is 2.45. The Morgan fingerprint density at radius 1 is 1.26 bits per heavy atom. The molecular formula is C19H27Cl2N3O3. The lowest BCUT2D eigenvalue weighted by molar-refractivity contribution is -0.124. The minimum absolute atomic E-state index is 0. The van der Waals surface area contributed by atoms with Crippen LogP contribution in [0.3, 0.4) is 0 Å². The predicted octanol–water partition coefficient (Wildman–Crippen LogP) is 2.72. The molecule has 1 atom stereocenters. The van der Waals surface area contributed by atoms with E-state index in [1.54, 1.807) is 6.20 Å². The summed E-state index contributed by atoms with van der Waals surface area (Å²) in [7, 11) is 0. The first-order valence-electron chi connectivity index (χ1n) is 8.83. The van der Waals surface area contributed by atoms with Crippen molar-refractivity contribution in [2.75, 3.05) is 26.4 Å². The monoisotopic (exact) mass is 415 g/mol. The van der Waals surface area contributed by atoms with Crippen molar-refractivity contribution >= 4 is 41.6 Å². The van der Waals surface area contributed by atoms with Crippen LogP contribution in [0.4, 0.5) is 0 Å².